The van der Waals surface area contributed by atoms with E-state index < -0.39 is 17.7 Å². The Kier molecular flexibility index (Phi) is 4.99. The molecule has 1 atom stereocenters. The van der Waals surface area contributed by atoms with E-state index in [-0.39, 0.29) is 11.7 Å². The smallest absolute Gasteiger partial charge is 0.408 e. The third-order valence-corrected chi connectivity index (χ3v) is 2.60. The number of alkyl carbamates (subject to hydrolysis) is 1. The van der Waals surface area contributed by atoms with E-state index in [4.69, 9.17) is 4.74 Å². The molecule has 19 heavy (non-hydrogen) atoms. The van der Waals surface area contributed by atoms with Crippen LogP contribution in [0, 0.1) is 23.7 Å². The molecular weight excluding hydrogens is 242 g/mol. The van der Waals surface area contributed by atoms with Crippen molar-refractivity contribution in [3.8, 4) is 11.8 Å². The zero-order valence-corrected chi connectivity index (χ0v) is 12.4. The second-order valence-electron chi connectivity index (χ2n) is 6.28. The highest BCUT2D eigenvalue weighted by molar-refractivity contribution is 6.01. The molecule has 0 heterocycles. The minimum Gasteiger partial charge on any atom is -0.444 e. The lowest BCUT2D eigenvalue weighted by Gasteiger charge is -2.23. The number of rotatable bonds is 3. The van der Waals surface area contributed by atoms with Crippen molar-refractivity contribution in [2.75, 3.05) is 0 Å². The Morgan fingerprint density at radius 3 is 2.26 bits per heavy atom. The molecular formula is C15H23NO3. The third kappa shape index (κ3) is 6.28. The molecule has 1 saturated carbocycles. The Labute approximate surface area is 115 Å². The number of ether oxygens (including phenoxy) is 1. The van der Waals surface area contributed by atoms with Gasteiger partial charge in [-0.3, -0.25) is 4.79 Å². The molecule has 0 saturated heterocycles. The predicted molar refractivity (Wildman–Crippen MR) is 73.5 cm³/mol. The summed E-state index contributed by atoms with van der Waals surface area (Å²) in [6.45, 7) is 9.10. The summed E-state index contributed by atoms with van der Waals surface area (Å²) in [6, 6.07) is -0.610. The van der Waals surface area contributed by atoms with Crippen LogP contribution >= 0.6 is 0 Å². The molecule has 4 heteroatoms. The van der Waals surface area contributed by atoms with Gasteiger partial charge < -0.3 is 10.1 Å². The van der Waals surface area contributed by atoms with E-state index in [1.807, 2.05) is 13.8 Å². The third-order valence-electron chi connectivity index (χ3n) is 2.60. The van der Waals surface area contributed by atoms with E-state index in [0.29, 0.717) is 5.92 Å². The Morgan fingerprint density at radius 2 is 1.84 bits per heavy atom. The van der Waals surface area contributed by atoms with Crippen LogP contribution in [0.2, 0.25) is 0 Å². The average Bonchev–Trinajstić information content (AvgIpc) is 3.03. The van der Waals surface area contributed by atoms with Crippen LogP contribution in [0.1, 0.15) is 47.5 Å². The molecule has 0 aromatic heterocycles. The van der Waals surface area contributed by atoms with Crippen molar-refractivity contribution in [3.63, 3.8) is 0 Å². The minimum atomic E-state index is -0.610. The average molecular weight is 265 g/mol. The Hall–Kier alpha value is -1.50. The fourth-order valence-electron chi connectivity index (χ4n) is 1.45. The van der Waals surface area contributed by atoms with Crippen LogP contribution < -0.4 is 5.32 Å². The van der Waals surface area contributed by atoms with Gasteiger partial charge in [0.25, 0.3) is 0 Å². The van der Waals surface area contributed by atoms with Gasteiger partial charge in [-0.25, -0.2) is 4.79 Å². The predicted octanol–water partition coefficient (Wildman–Crippen LogP) is 2.52. The highest BCUT2D eigenvalue weighted by Crippen LogP contribution is 2.27. The lowest BCUT2D eigenvalue weighted by Crippen LogP contribution is -2.46. The zero-order chi connectivity index (χ0) is 14.6. The highest BCUT2D eigenvalue weighted by Gasteiger charge is 2.26. The first-order chi connectivity index (χ1) is 8.69. The zero-order valence-electron chi connectivity index (χ0n) is 12.4. The molecule has 1 aliphatic rings. The molecule has 1 amide bonds. The van der Waals surface area contributed by atoms with Crippen molar-refractivity contribution in [2.24, 2.45) is 11.8 Å². The summed E-state index contributed by atoms with van der Waals surface area (Å²) in [5, 5.41) is 2.60. The number of hydrogen-bond donors (Lipinski definition) is 1. The van der Waals surface area contributed by atoms with E-state index in [0.717, 1.165) is 12.8 Å². The first kappa shape index (κ1) is 15.6. The molecule has 1 aliphatic carbocycles. The summed E-state index contributed by atoms with van der Waals surface area (Å²) < 4.78 is 5.16. The maximum absolute atomic E-state index is 12.0. The number of carbonyl (C=O) groups excluding carboxylic acids is 2. The molecule has 1 fully saturated rings. The van der Waals surface area contributed by atoms with Crippen molar-refractivity contribution in [1.82, 2.24) is 5.32 Å². The van der Waals surface area contributed by atoms with Crippen LogP contribution in [0.25, 0.3) is 0 Å². The van der Waals surface area contributed by atoms with Gasteiger partial charge in [0.15, 0.2) is 0 Å². The molecule has 0 radical (unpaired) electrons. The molecule has 0 aromatic rings. The first-order valence-corrected chi connectivity index (χ1v) is 6.74. The molecule has 0 unspecified atom stereocenters. The fourth-order valence-corrected chi connectivity index (χ4v) is 1.45. The van der Waals surface area contributed by atoms with E-state index in [9.17, 15) is 9.59 Å². The van der Waals surface area contributed by atoms with Crippen molar-refractivity contribution >= 4 is 11.9 Å². The Morgan fingerprint density at radius 1 is 1.26 bits per heavy atom. The van der Waals surface area contributed by atoms with E-state index in [1.165, 1.54) is 0 Å². The fraction of sp³-hybridized carbons (Fsp3) is 0.733. The van der Waals surface area contributed by atoms with Gasteiger partial charge in [-0.1, -0.05) is 19.8 Å². The van der Waals surface area contributed by atoms with Gasteiger partial charge in [-0.15, -0.1) is 0 Å². The van der Waals surface area contributed by atoms with Gasteiger partial charge in [0.05, 0.1) is 0 Å². The van der Waals surface area contributed by atoms with Crippen LogP contribution in [0.5, 0.6) is 0 Å². The lowest BCUT2D eigenvalue weighted by molar-refractivity contribution is -0.116. The standard InChI is InChI=1S/C15H23NO3/c1-10(2)13(12(17)9-8-11-6-7-11)16-14(18)19-15(3,4)5/h10-11,13H,6-7H2,1-5H3,(H,16,18)/t13-/m0/s1. The summed E-state index contributed by atoms with van der Waals surface area (Å²) in [5.41, 5.74) is -0.575. The molecule has 0 aliphatic heterocycles. The van der Waals surface area contributed by atoms with E-state index >= 15 is 0 Å². The van der Waals surface area contributed by atoms with Gasteiger partial charge in [0, 0.05) is 5.92 Å². The Balaban J connectivity index is 2.60. The summed E-state index contributed by atoms with van der Waals surface area (Å²) in [7, 11) is 0. The Bertz CT molecular complexity index is 405. The summed E-state index contributed by atoms with van der Waals surface area (Å²) >= 11 is 0. The monoisotopic (exact) mass is 265 g/mol. The number of Topliss-reactive ketones (excluding diaryl/α,β-unsaturated/α-hetero) is 1. The highest BCUT2D eigenvalue weighted by atomic mass is 16.6. The van der Waals surface area contributed by atoms with Crippen molar-refractivity contribution in [2.45, 2.75) is 59.1 Å². The largest absolute Gasteiger partial charge is 0.444 e. The normalized spacial score (nSPS) is 16.3. The van der Waals surface area contributed by atoms with Gasteiger partial charge in [-0.2, -0.15) is 0 Å². The maximum Gasteiger partial charge on any atom is 0.408 e. The number of nitrogens with one attached hydrogen (secondary N) is 1. The molecule has 1 rings (SSSR count). The van der Waals surface area contributed by atoms with Crippen molar-refractivity contribution < 1.29 is 14.3 Å². The number of carbonyl (C=O) groups is 2. The first-order valence-electron chi connectivity index (χ1n) is 6.74. The van der Waals surface area contributed by atoms with Crippen LogP contribution in [0.3, 0.4) is 0 Å². The molecule has 4 nitrogen and oxygen atoms in total. The second-order valence-corrected chi connectivity index (χ2v) is 6.28. The molecule has 0 spiro atoms. The van der Waals surface area contributed by atoms with Crippen molar-refractivity contribution in [1.29, 1.82) is 0 Å². The molecule has 0 bridgehead atoms. The lowest BCUT2D eigenvalue weighted by atomic mass is 10.0. The van der Waals surface area contributed by atoms with E-state index in [2.05, 4.69) is 17.2 Å². The second kappa shape index (κ2) is 6.10. The van der Waals surface area contributed by atoms with Crippen LogP contribution in [-0.2, 0) is 9.53 Å². The number of amides is 1. The SMILES string of the molecule is CC(C)[C@H](NC(=O)OC(C)(C)C)C(=O)C#CC1CC1. The molecule has 1 N–H and O–H groups in total. The van der Waals surface area contributed by atoms with Crippen molar-refractivity contribution in [3.05, 3.63) is 0 Å². The molecule has 106 valence electrons. The summed E-state index contributed by atoms with van der Waals surface area (Å²) in [6.07, 6.45) is 1.57. The summed E-state index contributed by atoms with van der Waals surface area (Å²) in [4.78, 5) is 23.7. The van der Waals surface area contributed by atoms with Gasteiger partial charge in [-0.05, 0) is 45.5 Å². The van der Waals surface area contributed by atoms with Crippen LogP contribution in [-0.4, -0.2) is 23.5 Å². The van der Waals surface area contributed by atoms with Crippen LogP contribution in [0.4, 0.5) is 4.79 Å². The quantitative estimate of drug-likeness (QED) is 0.630. The minimum absolute atomic E-state index is 0.0199. The van der Waals surface area contributed by atoms with Gasteiger partial charge >= 0.3 is 6.09 Å². The number of hydrogen-bond acceptors (Lipinski definition) is 3. The van der Waals surface area contributed by atoms with Gasteiger partial charge in [0.1, 0.15) is 11.6 Å². The topological polar surface area (TPSA) is 55.4 Å². The van der Waals surface area contributed by atoms with Crippen LogP contribution in [0.15, 0.2) is 0 Å². The summed E-state index contributed by atoms with van der Waals surface area (Å²) in [5.74, 6) is 5.67. The van der Waals surface area contributed by atoms with Gasteiger partial charge in [0.2, 0.25) is 5.78 Å². The number of ketones is 1. The molecule has 0 aromatic carbocycles. The maximum atomic E-state index is 12.0. The van der Waals surface area contributed by atoms with E-state index in [1.54, 1.807) is 20.8 Å².